The highest BCUT2D eigenvalue weighted by molar-refractivity contribution is 5.98. The number of likely N-dealkylation sites (N-methyl/N-ethyl adjacent to an activating group) is 1. The Hall–Kier alpha value is -2.04. The van der Waals surface area contributed by atoms with Gasteiger partial charge in [-0.25, -0.2) is 0 Å². The summed E-state index contributed by atoms with van der Waals surface area (Å²) in [6.07, 6.45) is 1.84. The van der Waals surface area contributed by atoms with E-state index in [4.69, 9.17) is 5.11 Å². The zero-order valence-electron chi connectivity index (χ0n) is 10.3. The van der Waals surface area contributed by atoms with Crippen LogP contribution in [0.15, 0.2) is 18.2 Å². The maximum atomic E-state index is 12.2. The fourth-order valence-corrected chi connectivity index (χ4v) is 2.19. The summed E-state index contributed by atoms with van der Waals surface area (Å²) in [5, 5.41) is 12.0. The van der Waals surface area contributed by atoms with E-state index in [0.29, 0.717) is 5.56 Å². The van der Waals surface area contributed by atoms with Crippen molar-refractivity contribution in [3.63, 3.8) is 0 Å². The Bertz CT molecular complexity index is 485. The zero-order valence-corrected chi connectivity index (χ0v) is 10.3. The maximum Gasteiger partial charge on any atom is 0.323 e. The number of amides is 1. The van der Waals surface area contributed by atoms with Gasteiger partial charge < -0.3 is 15.3 Å². The molecule has 0 saturated heterocycles. The van der Waals surface area contributed by atoms with Crippen molar-refractivity contribution < 1.29 is 14.7 Å². The van der Waals surface area contributed by atoms with E-state index in [0.717, 1.165) is 30.6 Å². The van der Waals surface area contributed by atoms with E-state index in [1.807, 2.05) is 12.1 Å². The molecule has 1 aromatic carbocycles. The number of carbonyl (C=O) groups excluding carboxylic acids is 1. The molecular formula is C13H16N2O3. The summed E-state index contributed by atoms with van der Waals surface area (Å²) in [4.78, 5) is 24.0. The summed E-state index contributed by atoms with van der Waals surface area (Å²) < 4.78 is 0. The molecule has 2 N–H and O–H groups in total. The van der Waals surface area contributed by atoms with Crippen molar-refractivity contribution in [3.05, 3.63) is 29.3 Å². The molecule has 0 unspecified atom stereocenters. The molecular weight excluding hydrogens is 232 g/mol. The minimum atomic E-state index is -1.01. The lowest BCUT2D eigenvalue weighted by atomic mass is 9.97. The molecule has 0 aliphatic carbocycles. The first-order chi connectivity index (χ1) is 8.59. The zero-order chi connectivity index (χ0) is 13.1. The Kier molecular flexibility index (Phi) is 3.50. The summed E-state index contributed by atoms with van der Waals surface area (Å²) in [6, 6.07) is 5.52. The average molecular weight is 248 g/mol. The third kappa shape index (κ3) is 2.45. The van der Waals surface area contributed by atoms with E-state index in [2.05, 4.69) is 5.32 Å². The Morgan fingerprint density at radius 2 is 2.22 bits per heavy atom. The normalized spacial score (nSPS) is 13.4. The molecule has 0 atom stereocenters. The lowest BCUT2D eigenvalue weighted by Gasteiger charge is -2.22. The molecule has 5 heteroatoms. The predicted octanol–water partition coefficient (Wildman–Crippen LogP) is 1.20. The number of nitrogens with one attached hydrogen (secondary N) is 1. The van der Waals surface area contributed by atoms with Crippen LogP contribution >= 0.6 is 0 Å². The second kappa shape index (κ2) is 5.08. The number of anilines is 1. The molecule has 0 saturated carbocycles. The minimum Gasteiger partial charge on any atom is -0.480 e. The third-order valence-electron chi connectivity index (χ3n) is 3.04. The first kappa shape index (κ1) is 12.4. The van der Waals surface area contributed by atoms with Crippen LogP contribution in [-0.4, -0.2) is 42.0 Å². The molecule has 1 aliphatic heterocycles. The van der Waals surface area contributed by atoms with Crippen LogP contribution in [0.1, 0.15) is 22.3 Å². The van der Waals surface area contributed by atoms with Crippen molar-refractivity contribution in [2.24, 2.45) is 0 Å². The highest BCUT2D eigenvalue weighted by Gasteiger charge is 2.20. The number of benzene rings is 1. The quantitative estimate of drug-likeness (QED) is 0.843. The molecule has 1 heterocycles. The van der Waals surface area contributed by atoms with Gasteiger partial charge in [-0.1, -0.05) is 6.07 Å². The molecule has 1 aliphatic rings. The van der Waals surface area contributed by atoms with Crippen LogP contribution in [0, 0.1) is 0 Å². The minimum absolute atomic E-state index is 0.238. The topological polar surface area (TPSA) is 69.6 Å². The van der Waals surface area contributed by atoms with Gasteiger partial charge in [0.15, 0.2) is 0 Å². The van der Waals surface area contributed by atoms with Crippen LogP contribution in [0.2, 0.25) is 0 Å². The van der Waals surface area contributed by atoms with E-state index in [9.17, 15) is 9.59 Å². The van der Waals surface area contributed by atoms with Gasteiger partial charge in [0.25, 0.3) is 5.91 Å². The van der Waals surface area contributed by atoms with Gasteiger partial charge >= 0.3 is 5.97 Å². The van der Waals surface area contributed by atoms with Crippen LogP contribution in [-0.2, 0) is 11.2 Å². The number of hydrogen-bond acceptors (Lipinski definition) is 3. The van der Waals surface area contributed by atoms with Crippen molar-refractivity contribution in [2.75, 3.05) is 25.5 Å². The van der Waals surface area contributed by atoms with Gasteiger partial charge in [-0.05, 0) is 30.5 Å². The molecule has 18 heavy (non-hydrogen) atoms. The van der Waals surface area contributed by atoms with Gasteiger partial charge in [-0.15, -0.1) is 0 Å². The molecule has 2 rings (SSSR count). The van der Waals surface area contributed by atoms with Crippen molar-refractivity contribution in [1.82, 2.24) is 4.90 Å². The molecule has 0 bridgehead atoms. The summed E-state index contributed by atoms with van der Waals surface area (Å²) in [5.41, 5.74) is 2.57. The monoisotopic (exact) mass is 248 g/mol. The van der Waals surface area contributed by atoms with E-state index >= 15 is 0 Å². The highest BCUT2D eigenvalue weighted by atomic mass is 16.4. The Morgan fingerprint density at radius 3 is 2.94 bits per heavy atom. The Morgan fingerprint density at radius 1 is 1.44 bits per heavy atom. The summed E-state index contributed by atoms with van der Waals surface area (Å²) in [6.45, 7) is 0.630. The fourth-order valence-electron chi connectivity index (χ4n) is 2.19. The molecule has 1 amide bonds. The van der Waals surface area contributed by atoms with E-state index in [1.165, 1.54) is 11.9 Å². The number of carboxylic acids is 1. The van der Waals surface area contributed by atoms with Crippen LogP contribution in [0.5, 0.6) is 0 Å². The smallest absolute Gasteiger partial charge is 0.323 e. The van der Waals surface area contributed by atoms with E-state index < -0.39 is 5.97 Å². The second-order valence-electron chi connectivity index (χ2n) is 4.42. The largest absolute Gasteiger partial charge is 0.480 e. The van der Waals surface area contributed by atoms with Crippen molar-refractivity contribution in [3.8, 4) is 0 Å². The lowest BCUT2D eigenvalue weighted by Crippen LogP contribution is -2.33. The lowest BCUT2D eigenvalue weighted by molar-refractivity contribution is -0.137. The number of fused-ring (bicyclic) bond motifs is 1. The van der Waals surface area contributed by atoms with E-state index in [-0.39, 0.29) is 12.5 Å². The number of aliphatic carboxylic acids is 1. The first-order valence-electron chi connectivity index (χ1n) is 5.92. The SMILES string of the molecule is CN(CC(=O)O)C(=O)c1cccc2c1CCCN2. The molecule has 0 radical (unpaired) electrons. The fraction of sp³-hybridized carbons (Fsp3) is 0.385. The molecule has 0 spiro atoms. The molecule has 96 valence electrons. The van der Waals surface area contributed by atoms with Crippen molar-refractivity contribution in [2.45, 2.75) is 12.8 Å². The summed E-state index contributed by atoms with van der Waals surface area (Å²) in [7, 11) is 1.51. The number of rotatable bonds is 3. The predicted molar refractivity (Wildman–Crippen MR) is 67.8 cm³/mol. The Labute approximate surface area is 105 Å². The van der Waals surface area contributed by atoms with Gasteiger partial charge in [0.1, 0.15) is 6.54 Å². The Balaban J connectivity index is 2.27. The van der Waals surface area contributed by atoms with Gasteiger partial charge in [0, 0.05) is 24.8 Å². The van der Waals surface area contributed by atoms with Crippen molar-refractivity contribution in [1.29, 1.82) is 0 Å². The first-order valence-corrected chi connectivity index (χ1v) is 5.92. The average Bonchev–Trinajstić information content (AvgIpc) is 2.36. The number of nitrogens with zero attached hydrogens (tertiary/aromatic N) is 1. The standard InChI is InChI=1S/C13H16N2O3/c1-15(8-12(16)17)13(18)10-4-2-6-11-9(10)5-3-7-14-11/h2,4,6,14H,3,5,7-8H2,1H3,(H,16,17). The summed E-state index contributed by atoms with van der Waals surface area (Å²) in [5.74, 6) is -1.24. The van der Waals surface area contributed by atoms with Crippen LogP contribution in [0.3, 0.4) is 0 Å². The summed E-state index contributed by atoms with van der Waals surface area (Å²) >= 11 is 0. The van der Waals surface area contributed by atoms with Gasteiger partial charge in [-0.3, -0.25) is 9.59 Å². The molecule has 0 fully saturated rings. The molecule has 1 aromatic rings. The molecule has 0 aromatic heterocycles. The third-order valence-corrected chi connectivity index (χ3v) is 3.04. The van der Waals surface area contributed by atoms with Crippen LogP contribution in [0.4, 0.5) is 5.69 Å². The van der Waals surface area contributed by atoms with Crippen LogP contribution < -0.4 is 5.32 Å². The van der Waals surface area contributed by atoms with Crippen LogP contribution in [0.25, 0.3) is 0 Å². The van der Waals surface area contributed by atoms with E-state index in [1.54, 1.807) is 6.07 Å². The maximum absolute atomic E-state index is 12.2. The number of carbonyl (C=O) groups is 2. The van der Waals surface area contributed by atoms with Crippen molar-refractivity contribution >= 4 is 17.6 Å². The number of carboxylic acid groups (broad SMARTS) is 1. The number of hydrogen-bond donors (Lipinski definition) is 2. The highest BCUT2D eigenvalue weighted by Crippen LogP contribution is 2.25. The molecule has 5 nitrogen and oxygen atoms in total. The second-order valence-corrected chi connectivity index (χ2v) is 4.42. The van der Waals surface area contributed by atoms with Gasteiger partial charge in [0.05, 0.1) is 0 Å². The van der Waals surface area contributed by atoms with Gasteiger partial charge in [-0.2, -0.15) is 0 Å². The van der Waals surface area contributed by atoms with Gasteiger partial charge in [0.2, 0.25) is 0 Å².